The van der Waals surface area contributed by atoms with E-state index in [0.717, 1.165) is 0 Å². The van der Waals surface area contributed by atoms with E-state index >= 15 is 0 Å². The standard InChI is InChI=1S/C5H10O3.C4H9NO3/c1-3-4(6)5(7)8-2;1-8-4(7)3(6)2-5/h4,6H,3H2,1-2H3;3,6H,2,5H2,1H3. The lowest BCUT2D eigenvalue weighted by molar-refractivity contribution is -0.150. The van der Waals surface area contributed by atoms with Gasteiger partial charge in [-0.3, -0.25) is 0 Å². The third-order valence-corrected chi connectivity index (χ3v) is 1.56. The van der Waals surface area contributed by atoms with E-state index in [9.17, 15) is 9.59 Å². The predicted octanol–water partition coefficient (Wildman–Crippen LogP) is -1.59. The predicted molar refractivity (Wildman–Crippen MR) is 55.4 cm³/mol. The number of methoxy groups -OCH3 is 2. The maximum absolute atomic E-state index is 10.3. The highest BCUT2D eigenvalue weighted by Gasteiger charge is 2.11. The molecule has 0 bridgehead atoms. The summed E-state index contributed by atoms with van der Waals surface area (Å²) < 4.78 is 8.35. The van der Waals surface area contributed by atoms with Gasteiger partial charge in [0.05, 0.1) is 14.2 Å². The molecule has 2 unspecified atom stereocenters. The van der Waals surface area contributed by atoms with Crippen molar-refractivity contribution in [1.82, 2.24) is 0 Å². The molecular formula is C9H19NO6. The Morgan fingerprint density at radius 3 is 1.62 bits per heavy atom. The summed E-state index contributed by atoms with van der Waals surface area (Å²) in [6.07, 6.45) is -1.70. The fourth-order valence-corrected chi connectivity index (χ4v) is 0.535. The van der Waals surface area contributed by atoms with Gasteiger partial charge in [0.1, 0.15) is 0 Å². The molecule has 0 aromatic heterocycles. The summed E-state index contributed by atoms with van der Waals surface area (Å²) >= 11 is 0. The Morgan fingerprint density at radius 2 is 1.50 bits per heavy atom. The number of rotatable bonds is 4. The van der Waals surface area contributed by atoms with Gasteiger partial charge in [-0.2, -0.15) is 0 Å². The Hall–Kier alpha value is -1.18. The van der Waals surface area contributed by atoms with Crippen molar-refractivity contribution >= 4 is 11.9 Å². The molecule has 0 fully saturated rings. The molecule has 2 atom stereocenters. The van der Waals surface area contributed by atoms with E-state index in [1.165, 1.54) is 14.2 Å². The summed E-state index contributed by atoms with van der Waals surface area (Å²) in [4.78, 5) is 20.5. The summed E-state index contributed by atoms with van der Waals surface area (Å²) in [6, 6.07) is 0. The summed E-state index contributed by atoms with van der Waals surface area (Å²) in [5, 5.41) is 17.2. The van der Waals surface area contributed by atoms with Crippen molar-refractivity contribution in [3.05, 3.63) is 0 Å². The van der Waals surface area contributed by atoms with Crippen LogP contribution in [-0.2, 0) is 19.1 Å². The molecule has 0 aromatic carbocycles. The zero-order valence-electron chi connectivity index (χ0n) is 9.67. The van der Waals surface area contributed by atoms with Crippen LogP contribution in [0.3, 0.4) is 0 Å². The quantitative estimate of drug-likeness (QED) is 0.504. The molecule has 0 aliphatic rings. The first-order chi connectivity index (χ1) is 7.44. The van der Waals surface area contributed by atoms with Gasteiger partial charge in [-0.15, -0.1) is 0 Å². The maximum Gasteiger partial charge on any atom is 0.336 e. The largest absolute Gasteiger partial charge is 0.467 e. The number of ether oxygens (including phenoxy) is 2. The second-order valence-corrected chi connectivity index (χ2v) is 2.72. The topological polar surface area (TPSA) is 119 Å². The second-order valence-electron chi connectivity index (χ2n) is 2.72. The maximum atomic E-state index is 10.3. The van der Waals surface area contributed by atoms with Crippen molar-refractivity contribution in [3.63, 3.8) is 0 Å². The van der Waals surface area contributed by atoms with E-state index in [1.807, 2.05) is 0 Å². The van der Waals surface area contributed by atoms with Crippen molar-refractivity contribution in [3.8, 4) is 0 Å². The monoisotopic (exact) mass is 237 g/mol. The van der Waals surface area contributed by atoms with Gasteiger partial charge in [0.15, 0.2) is 12.2 Å². The van der Waals surface area contributed by atoms with Gasteiger partial charge < -0.3 is 25.4 Å². The van der Waals surface area contributed by atoms with Gasteiger partial charge in [-0.05, 0) is 6.42 Å². The van der Waals surface area contributed by atoms with Crippen LogP contribution in [0.2, 0.25) is 0 Å². The van der Waals surface area contributed by atoms with Crippen molar-refractivity contribution < 1.29 is 29.3 Å². The average molecular weight is 237 g/mol. The van der Waals surface area contributed by atoms with Crippen molar-refractivity contribution in [2.75, 3.05) is 20.8 Å². The van der Waals surface area contributed by atoms with Crippen molar-refractivity contribution in [2.24, 2.45) is 5.73 Å². The number of nitrogens with two attached hydrogens (primary N) is 1. The molecule has 7 heteroatoms. The number of esters is 2. The van der Waals surface area contributed by atoms with Crippen LogP contribution in [0.5, 0.6) is 0 Å². The van der Waals surface area contributed by atoms with Crippen molar-refractivity contribution in [2.45, 2.75) is 25.6 Å². The highest BCUT2D eigenvalue weighted by Crippen LogP contribution is 1.90. The lowest BCUT2D eigenvalue weighted by atomic mass is 10.3. The van der Waals surface area contributed by atoms with Crippen LogP contribution >= 0.6 is 0 Å². The molecule has 0 heterocycles. The summed E-state index contributed by atoms with van der Waals surface area (Å²) in [6.45, 7) is 1.62. The van der Waals surface area contributed by atoms with Gasteiger partial charge in [-0.1, -0.05) is 6.92 Å². The Morgan fingerprint density at radius 1 is 1.12 bits per heavy atom. The summed E-state index contributed by atoms with van der Waals surface area (Å²) in [7, 11) is 2.45. The van der Waals surface area contributed by atoms with Crippen LogP contribution in [0.1, 0.15) is 13.3 Å². The number of aliphatic hydroxyl groups is 2. The van der Waals surface area contributed by atoms with Crippen LogP contribution in [0.4, 0.5) is 0 Å². The minimum Gasteiger partial charge on any atom is -0.467 e. The highest BCUT2D eigenvalue weighted by atomic mass is 16.5. The SMILES string of the molecule is CCC(O)C(=O)OC.COC(=O)C(O)CN. The van der Waals surface area contributed by atoms with Crippen LogP contribution in [-0.4, -0.2) is 55.1 Å². The molecule has 0 saturated carbocycles. The summed E-state index contributed by atoms with van der Waals surface area (Å²) in [5.41, 5.74) is 4.90. The van der Waals surface area contributed by atoms with E-state index in [0.29, 0.717) is 6.42 Å². The molecule has 0 radical (unpaired) electrons. The molecule has 0 saturated heterocycles. The third kappa shape index (κ3) is 8.16. The molecule has 4 N–H and O–H groups in total. The lowest BCUT2D eigenvalue weighted by Crippen LogP contribution is -2.29. The molecule has 0 amide bonds. The Bertz CT molecular complexity index is 186. The van der Waals surface area contributed by atoms with Gasteiger partial charge in [0, 0.05) is 6.54 Å². The molecule has 0 aliphatic heterocycles. The molecule has 0 aliphatic carbocycles. The lowest BCUT2D eigenvalue weighted by Gasteiger charge is -2.02. The highest BCUT2D eigenvalue weighted by molar-refractivity contribution is 5.74. The fraction of sp³-hybridized carbons (Fsp3) is 0.778. The number of hydrogen-bond donors (Lipinski definition) is 3. The second kappa shape index (κ2) is 10.3. The number of carbonyl (C=O) groups is 2. The molecule has 0 aromatic rings. The smallest absolute Gasteiger partial charge is 0.336 e. The minimum absolute atomic E-state index is 0.0906. The first-order valence-corrected chi connectivity index (χ1v) is 4.66. The minimum atomic E-state index is -1.17. The number of hydrogen-bond acceptors (Lipinski definition) is 7. The van der Waals surface area contributed by atoms with E-state index in [-0.39, 0.29) is 6.54 Å². The van der Waals surface area contributed by atoms with Crippen molar-refractivity contribution in [1.29, 1.82) is 0 Å². The van der Waals surface area contributed by atoms with Gasteiger partial charge >= 0.3 is 11.9 Å². The Labute approximate surface area is 94.1 Å². The number of carbonyl (C=O) groups excluding carboxylic acids is 2. The molecule has 96 valence electrons. The average Bonchev–Trinajstić information content (AvgIpc) is 2.35. The first-order valence-electron chi connectivity index (χ1n) is 4.66. The van der Waals surface area contributed by atoms with Crippen LogP contribution in [0, 0.1) is 0 Å². The van der Waals surface area contributed by atoms with Gasteiger partial charge in [0.2, 0.25) is 0 Å². The molecule has 7 nitrogen and oxygen atoms in total. The number of aliphatic hydroxyl groups excluding tert-OH is 2. The molecular weight excluding hydrogens is 218 g/mol. The van der Waals surface area contributed by atoms with Gasteiger partial charge in [0.25, 0.3) is 0 Å². The van der Waals surface area contributed by atoms with Gasteiger partial charge in [-0.25, -0.2) is 9.59 Å². The van der Waals surface area contributed by atoms with E-state index in [4.69, 9.17) is 15.9 Å². The molecule has 0 rings (SSSR count). The van der Waals surface area contributed by atoms with Crippen LogP contribution in [0.15, 0.2) is 0 Å². The van der Waals surface area contributed by atoms with E-state index < -0.39 is 24.1 Å². The first kappa shape index (κ1) is 17.2. The summed E-state index contributed by atoms with van der Waals surface area (Å²) in [5.74, 6) is -1.25. The van der Waals surface area contributed by atoms with E-state index in [1.54, 1.807) is 6.92 Å². The molecule has 16 heavy (non-hydrogen) atoms. The van der Waals surface area contributed by atoms with E-state index in [2.05, 4.69) is 9.47 Å². The zero-order chi connectivity index (χ0) is 13.1. The molecule has 0 spiro atoms. The zero-order valence-corrected chi connectivity index (χ0v) is 9.67. The normalized spacial score (nSPS) is 12.9. The third-order valence-electron chi connectivity index (χ3n) is 1.56. The van der Waals surface area contributed by atoms with Crippen LogP contribution in [0.25, 0.3) is 0 Å². The Kier molecular flexibility index (Phi) is 11.1. The fourth-order valence-electron chi connectivity index (χ4n) is 0.535. The Balaban J connectivity index is 0. The van der Waals surface area contributed by atoms with Crippen LogP contribution < -0.4 is 5.73 Å².